The van der Waals surface area contributed by atoms with Crippen LogP contribution >= 0.6 is 11.5 Å². The summed E-state index contributed by atoms with van der Waals surface area (Å²) in [4.78, 5) is -0.136. The van der Waals surface area contributed by atoms with Crippen molar-refractivity contribution in [2.24, 2.45) is 0 Å². The number of benzene rings is 1. The maximum Gasteiger partial charge on any atom is 0.294 e. The molecule has 0 aliphatic heterocycles. The Hall–Kier alpha value is -1.50. The second kappa shape index (κ2) is 5.64. The summed E-state index contributed by atoms with van der Waals surface area (Å²) in [6.45, 7) is 1.93. The van der Waals surface area contributed by atoms with Crippen LogP contribution in [0.3, 0.4) is 0 Å². The van der Waals surface area contributed by atoms with Gasteiger partial charge in [-0.25, -0.2) is 0 Å². The van der Waals surface area contributed by atoms with Gasteiger partial charge in [-0.2, -0.15) is 12.8 Å². The summed E-state index contributed by atoms with van der Waals surface area (Å²) in [6.07, 6.45) is 0.685. The van der Waals surface area contributed by atoms with Gasteiger partial charge < -0.3 is 0 Å². The number of rotatable bonds is 2. The Morgan fingerprint density at radius 3 is 2.63 bits per heavy atom. The number of nitrogens with zero attached hydrogens (tertiary/aromatic N) is 1. The zero-order chi connectivity index (χ0) is 13.9. The summed E-state index contributed by atoms with van der Waals surface area (Å²) in [5, 5.41) is 0.714. The molecule has 0 saturated heterocycles. The van der Waals surface area contributed by atoms with Gasteiger partial charge in [0, 0.05) is 0 Å². The molecule has 2 rings (SSSR count). The molecule has 100 valence electrons. The summed E-state index contributed by atoms with van der Waals surface area (Å²) in [7, 11) is -4.25. The fourth-order valence-corrected chi connectivity index (χ4v) is 2.84. The largest absolute Gasteiger partial charge is 0.294 e. The van der Waals surface area contributed by atoms with Crippen molar-refractivity contribution in [3.8, 4) is 0 Å². The van der Waals surface area contributed by atoms with Crippen LogP contribution in [0.2, 0.25) is 0 Å². The van der Waals surface area contributed by atoms with Gasteiger partial charge in [0.1, 0.15) is 0 Å². The summed E-state index contributed by atoms with van der Waals surface area (Å²) in [5.74, 6) is 0. The molecule has 0 fully saturated rings. The van der Waals surface area contributed by atoms with E-state index in [9.17, 15) is 13.0 Å². The Balaban J connectivity index is 2.91. The minimum Gasteiger partial charge on any atom is -0.282 e. The zero-order valence-corrected chi connectivity index (χ0v) is 11.9. The molecule has 0 aliphatic carbocycles. The van der Waals surface area contributed by atoms with Crippen molar-refractivity contribution in [1.29, 1.82) is 0 Å². The monoisotopic (exact) mass is 295 g/mol. The molecule has 2 aromatic rings. The van der Waals surface area contributed by atoms with Gasteiger partial charge in [-0.15, -0.1) is 0 Å². The van der Waals surface area contributed by atoms with Crippen LogP contribution in [0, 0.1) is 0 Å². The van der Waals surface area contributed by atoms with Crippen LogP contribution < -0.4 is 0 Å². The predicted molar refractivity (Wildman–Crippen MR) is 76.4 cm³/mol. The van der Waals surface area contributed by atoms with E-state index in [2.05, 4.69) is 4.37 Å². The maximum absolute atomic E-state index is 11.4. The first kappa shape index (κ1) is 13.9. The highest BCUT2D eigenvalue weighted by Gasteiger charge is 2.08. The van der Waals surface area contributed by atoms with Gasteiger partial charge >= 0.3 is 0 Å². The average Bonchev–Trinajstić information content (AvgIpc) is 2.46. The first-order chi connectivity index (χ1) is 9.00. The quantitative estimate of drug-likeness (QED) is 0.864. The van der Waals surface area contributed by atoms with Gasteiger partial charge in [0.25, 0.3) is 10.1 Å². The van der Waals surface area contributed by atoms with Gasteiger partial charge in [-0.05, 0) is 47.6 Å². The van der Waals surface area contributed by atoms with E-state index in [0.717, 1.165) is 10.4 Å². The summed E-state index contributed by atoms with van der Waals surface area (Å²) < 4.78 is 37.2. The minimum absolute atomic E-state index is 0.136. The van der Waals surface area contributed by atoms with Crippen molar-refractivity contribution in [3.05, 3.63) is 48.2 Å². The third kappa shape index (κ3) is 3.50. The first-order valence-corrected chi connectivity index (χ1v) is 7.92. The van der Waals surface area contributed by atoms with E-state index in [1.54, 1.807) is 12.1 Å². The zero-order valence-electron chi connectivity index (χ0n) is 10.3. The third-order valence-electron chi connectivity index (χ3n) is 2.58. The van der Waals surface area contributed by atoms with Crippen LogP contribution in [0.5, 0.6) is 0 Å². The summed E-state index contributed by atoms with van der Waals surface area (Å²) in [5.41, 5.74) is 0.760. The van der Waals surface area contributed by atoms with Crippen LogP contribution in [0.25, 0.3) is 10.1 Å². The lowest BCUT2D eigenvalue weighted by atomic mass is 10.2. The summed E-state index contributed by atoms with van der Waals surface area (Å²) in [6, 6.07) is 11.7. The molecule has 0 saturated carbocycles. The molecule has 19 heavy (non-hydrogen) atoms. The Kier molecular flexibility index (Phi) is 4.14. The molecule has 1 aromatic heterocycles. The van der Waals surface area contributed by atoms with E-state index in [4.69, 9.17) is 0 Å². The Morgan fingerprint density at radius 2 is 1.95 bits per heavy atom. The SMILES string of the molecule is CCc1ccc(S(=O)(=O)O)cc2ccccc2sn1. The Bertz CT molecular complexity index is 749. The lowest BCUT2D eigenvalue weighted by Crippen LogP contribution is -1.96. The minimum atomic E-state index is -4.25. The summed E-state index contributed by atoms with van der Waals surface area (Å²) >= 11 is 1.30. The van der Waals surface area contributed by atoms with Crippen molar-refractivity contribution in [2.45, 2.75) is 18.2 Å². The number of fused-ring (bicyclic) bond motifs is 1. The lowest BCUT2D eigenvalue weighted by Gasteiger charge is -1.94. The number of aryl methyl sites for hydroxylation is 1. The maximum atomic E-state index is 11.4. The number of aromatic nitrogens is 1. The molecular weight excluding hydrogens is 282 g/mol. The normalized spacial score (nSPS) is 11.3. The van der Waals surface area contributed by atoms with E-state index in [0.29, 0.717) is 11.8 Å². The molecule has 0 amide bonds. The van der Waals surface area contributed by atoms with Crippen molar-refractivity contribution >= 4 is 31.7 Å². The van der Waals surface area contributed by atoms with Crippen LogP contribution in [0.4, 0.5) is 0 Å². The van der Waals surface area contributed by atoms with Crippen LogP contribution in [0.1, 0.15) is 12.6 Å². The smallest absolute Gasteiger partial charge is 0.282 e. The Labute approximate surface area is 116 Å². The highest BCUT2D eigenvalue weighted by atomic mass is 32.2. The van der Waals surface area contributed by atoms with Crippen molar-refractivity contribution in [2.75, 3.05) is 0 Å². The van der Waals surface area contributed by atoms with Crippen LogP contribution in [-0.4, -0.2) is 17.3 Å². The van der Waals surface area contributed by atoms with Crippen molar-refractivity contribution < 1.29 is 13.0 Å². The molecule has 0 radical (unpaired) electrons. The second-order valence-electron chi connectivity index (χ2n) is 3.92. The van der Waals surface area contributed by atoms with Gasteiger partial charge in [0.2, 0.25) is 0 Å². The molecule has 4 nitrogen and oxygen atoms in total. The number of hydrogen-bond acceptors (Lipinski definition) is 4. The van der Waals surface area contributed by atoms with E-state index in [1.165, 1.54) is 23.7 Å². The second-order valence-corrected chi connectivity index (χ2v) is 6.15. The fraction of sp³-hybridized carbons (Fsp3) is 0.154. The molecule has 0 unspecified atom stereocenters. The third-order valence-corrected chi connectivity index (χ3v) is 4.32. The van der Waals surface area contributed by atoms with Crippen molar-refractivity contribution in [3.63, 3.8) is 0 Å². The number of hydrogen-bond donors (Lipinski definition) is 1. The first-order valence-electron chi connectivity index (χ1n) is 5.71. The van der Waals surface area contributed by atoms with Gasteiger partial charge in [-0.1, -0.05) is 25.1 Å². The van der Waals surface area contributed by atoms with Gasteiger partial charge in [0.15, 0.2) is 0 Å². The molecular formula is C13H13NO3S2. The fourth-order valence-electron chi connectivity index (χ4n) is 1.54. The van der Waals surface area contributed by atoms with Crippen molar-refractivity contribution in [1.82, 2.24) is 4.37 Å². The van der Waals surface area contributed by atoms with Gasteiger partial charge in [0.05, 0.1) is 15.3 Å². The molecule has 0 atom stereocenters. The van der Waals surface area contributed by atoms with E-state index >= 15 is 0 Å². The molecule has 0 bridgehead atoms. The van der Waals surface area contributed by atoms with E-state index in [-0.39, 0.29) is 4.90 Å². The topological polar surface area (TPSA) is 67.3 Å². The van der Waals surface area contributed by atoms with Crippen LogP contribution in [-0.2, 0) is 16.5 Å². The van der Waals surface area contributed by atoms with E-state index < -0.39 is 10.1 Å². The van der Waals surface area contributed by atoms with Gasteiger partial charge in [-0.3, -0.25) is 4.55 Å². The van der Waals surface area contributed by atoms with E-state index in [1.807, 2.05) is 25.1 Å². The lowest BCUT2D eigenvalue weighted by molar-refractivity contribution is 0.483. The molecule has 1 N–H and O–H groups in total. The molecule has 0 spiro atoms. The highest BCUT2D eigenvalue weighted by molar-refractivity contribution is 7.85. The predicted octanol–water partition coefficient (Wildman–Crippen LogP) is 3.23. The standard InChI is InChI=1S/C13H13NO3S2/c1-2-11-7-8-12(19(15,16)17)9-10-5-3-4-6-13(10)18-14-11/h3-9H,2H2,1H3,(H,15,16,17). The molecule has 6 heteroatoms. The Morgan fingerprint density at radius 1 is 1.21 bits per heavy atom. The molecule has 1 heterocycles. The highest BCUT2D eigenvalue weighted by Crippen LogP contribution is 2.18. The molecule has 0 aliphatic rings. The average molecular weight is 295 g/mol. The molecule has 1 aromatic carbocycles. The van der Waals surface area contributed by atoms with Crippen LogP contribution in [0.15, 0.2) is 47.4 Å².